The summed E-state index contributed by atoms with van der Waals surface area (Å²) in [5.74, 6) is -0.501. The van der Waals surface area contributed by atoms with Crippen LogP contribution in [0.2, 0.25) is 0 Å². The van der Waals surface area contributed by atoms with E-state index in [0.29, 0.717) is 6.42 Å². The average Bonchev–Trinajstić information content (AvgIpc) is 2.53. The number of nitrogens with zero attached hydrogens (tertiary/aromatic N) is 1. The van der Waals surface area contributed by atoms with Gasteiger partial charge in [0.1, 0.15) is 0 Å². The molecule has 6 heteroatoms. The Bertz CT molecular complexity index is 350. The number of carbonyl (C=O) groups excluding carboxylic acids is 1. The maximum atomic E-state index is 12.0. The van der Waals surface area contributed by atoms with E-state index >= 15 is 0 Å². The zero-order valence-corrected chi connectivity index (χ0v) is 10.5. The second-order valence-corrected chi connectivity index (χ2v) is 6.68. The van der Waals surface area contributed by atoms with Crippen molar-refractivity contribution in [2.75, 3.05) is 24.7 Å². The lowest BCUT2D eigenvalue weighted by molar-refractivity contribution is -0.137. The number of amides is 1. The third-order valence-electron chi connectivity index (χ3n) is 2.83. The van der Waals surface area contributed by atoms with Gasteiger partial charge in [-0.1, -0.05) is 0 Å². The maximum absolute atomic E-state index is 12.0. The summed E-state index contributed by atoms with van der Waals surface area (Å²) in [5, 5.41) is 8.87. The number of sulfone groups is 1. The standard InChI is InChI=1S/C10H19NO4S/c1-8(2)11(4-5-12)10(13)9-3-6-16(14,15)7-9/h8-9,12H,3-7H2,1-2H3. The molecule has 1 fully saturated rings. The van der Waals surface area contributed by atoms with Gasteiger partial charge in [-0.2, -0.15) is 0 Å². The van der Waals surface area contributed by atoms with Crippen LogP contribution in [0.5, 0.6) is 0 Å². The predicted octanol–water partition coefficient (Wildman–Crippen LogP) is -0.350. The quantitative estimate of drug-likeness (QED) is 0.739. The minimum absolute atomic E-state index is 0.0112. The molecule has 0 bridgehead atoms. The summed E-state index contributed by atoms with van der Waals surface area (Å²) in [5.41, 5.74) is 0. The Hall–Kier alpha value is -0.620. The fraction of sp³-hybridized carbons (Fsp3) is 0.900. The Morgan fingerprint density at radius 3 is 2.50 bits per heavy atom. The fourth-order valence-electron chi connectivity index (χ4n) is 1.95. The molecule has 0 aromatic heterocycles. The molecule has 1 rings (SSSR count). The van der Waals surface area contributed by atoms with Crippen LogP contribution in [0.1, 0.15) is 20.3 Å². The molecule has 1 heterocycles. The van der Waals surface area contributed by atoms with E-state index < -0.39 is 15.8 Å². The highest BCUT2D eigenvalue weighted by molar-refractivity contribution is 7.91. The summed E-state index contributed by atoms with van der Waals surface area (Å²) in [6, 6.07) is -0.0112. The van der Waals surface area contributed by atoms with E-state index in [1.807, 2.05) is 13.8 Å². The third-order valence-corrected chi connectivity index (χ3v) is 4.60. The zero-order valence-electron chi connectivity index (χ0n) is 9.72. The van der Waals surface area contributed by atoms with Crippen LogP contribution in [0.3, 0.4) is 0 Å². The van der Waals surface area contributed by atoms with Gasteiger partial charge in [0, 0.05) is 12.6 Å². The summed E-state index contributed by atoms with van der Waals surface area (Å²) in [7, 11) is -3.02. The molecule has 1 atom stereocenters. The van der Waals surface area contributed by atoms with Crippen molar-refractivity contribution in [2.24, 2.45) is 5.92 Å². The van der Waals surface area contributed by atoms with Gasteiger partial charge in [0.2, 0.25) is 5.91 Å². The van der Waals surface area contributed by atoms with Gasteiger partial charge in [0.05, 0.1) is 24.0 Å². The highest BCUT2D eigenvalue weighted by Gasteiger charge is 2.35. The number of hydrogen-bond donors (Lipinski definition) is 1. The third kappa shape index (κ3) is 3.18. The molecular weight excluding hydrogens is 230 g/mol. The van der Waals surface area contributed by atoms with Gasteiger partial charge in [-0.15, -0.1) is 0 Å². The van der Waals surface area contributed by atoms with E-state index in [9.17, 15) is 13.2 Å². The topological polar surface area (TPSA) is 74.7 Å². The van der Waals surface area contributed by atoms with E-state index in [0.717, 1.165) is 0 Å². The molecule has 1 unspecified atom stereocenters. The predicted molar refractivity (Wildman–Crippen MR) is 60.7 cm³/mol. The molecule has 1 aliphatic rings. The summed E-state index contributed by atoms with van der Waals surface area (Å²) < 4.78 is 22.6. The van der Waals surface area contributed by atoms with Gasteiger partial charge in [-0.3, -0.25) is 4.79 Å². The first-order chi connectivity index (χ1) is 7.37. The van der Waals surface area contributed by atoms with Gasteiger partial charge >= 0.3 is 0 Å². The molecule has 94 valence electrons. The molecule has 1 saturated heterocycles. The van der Waals surface area contributed by atoms with Crippen LogP contribution >= 0.6 is 0 Å². The Morgan fingerprint density at radius 1 is 1.50 bits per heavy atom. The van der Waals surface area contributed by atoms with Crippen LogP contribution < -0.4 is 0 Å². The Labute approximate surface area is 96.4 Å². The van der Waals surface area contributed by atoms with E-state index in [-0.39, 0.29) is 36.6 Å². The van der Waals surface area contributed by atoms with Crippen molar-refractivity contribution in [1.82, 2.24) is 4.90 Å². The molecule has 1 amide bonds. The number of aliphatic hydroxyl groups excluding tert-OH is 1. The van der Waals surface area contributed by atoms with E-state index in [1.165, 1.54) is 0 Å². The molecule has 16 heavy (non-hydrogen) atoms. The van der Waals surface area contributed by atoms with Crippen molar-refractivity contribution < 1.29 is 18.3 Å². The van der Waals surface area contributed by atoms with Crippen molar-refractivity contribution in [3.8, 4) is 0 Å². The number of rotatable bonds is 4. The second kappa shape index (κ2) is 5.14. The Kier molecular flexibility index (Phi) is 4.32. The average molecular weight is 249 g/mol. The smallest absolute Gasteiger partial charge is 0.227 e. The fourth-order valence-corrected chi connectivity index (χ4v) is 3.69. The number of carbonyl (C=O) groups is 1. The lowest BCUT2D eigenvalue weighted by Crippen LogP contribution is -2.42. The largest absolute Gasteiger partial charge is 0.395 e. The van der Waals surface area contributed by atoms with Crippen molar-refractivity contribution in [3.05, 3.63) is 0 Å². The summed E-state index contributed by atoms with van der Waals surface area (Å²) in [6.07, 6.45) is 0.413. The summed E-state index contributed by atoms with van der Waals surface area (Å²) in [6.45, 7) is 3.89. The Balaban J connectivity index is 2.69. The lowest BCUT2D eigenvalue weighted by atomic mass is 10.1. The van der Waals surface area contributed by atoms with Crippen molar-refractivity contribution in [1.29, 1.82) is 0 Å². The molecule has 0 aliphatic carbocycles. The maximum Gasteiger partial charge on any atom is 0.227 e. The van der Waals surface area contributed by atoms with E-state index in [2.05, 4.69) is 0 Å². The number of aliphatic hydroxyl groups is 1. The zero-order chi connectivity index (χ0) is 12.3. The van der Waals surface area contributed by atoms with Crippen molar-refractivity contribution in [2.45, 2.75) is 26.3 Å². The van der Waals surface area contributed by atoms with Gasteiger partial charge in [-0.05, 0) is 20.3 Å². The van der Waals surface area contributed by atoms with Crippen molar-refractivity contribution >= 4 is 15.7 Å². The summed E-state index contributed by atoms with van der Waals surface area (Å²) in [4.78, 5) is 13.6. The number of hydrogen-bond acceptors (Lipinski definition) is 4. The van der Waals surface area contributed by atoms with Crippen LogP contribution in [0.4, 0.5) is 0 Å². The van der Waals surface area contributed by atoms with Crippen LogP contribution in [0.25, 0.3) is 0 Å². The minimum Gasteiger partial charge on any atom is -0.395 e. The van der Waals surface area contributed by atoms with Crippen LogP contribution in [0, 0.1) is 5.92 Å². The molecule has 0 saturated carbocycles. The Morgan fingerprint density at radius 2 is 2.12 bits per heavy atom. The molecule has 1 aliphatic heterocycles. The van der Waals surface area contributed by atoms with E-state index in [1.54, 1.807) is 4.90 Å². The summed E-state index contributed by atoms with van der Waals surface area (Å²) >= 11 is 0. The highest BCUT2D eigenvalue weighted by Crippen LogP contribution is 2.21. The first-order valence-corrected chi connectivity index (χ1v) is 7.31. The van der Waals surface area contributed by atoms with E-state index in [4.69, 9.17) is 5.11 Å². The molecule has 0 aromatic carbocycles. The first-order valence-electron chi connectivity index (χ1n) is 5.49. The SMILES string of the molecule is CC(C)N(CCO)C(=O)C1CCS(=O)(=O)C1. The normalized spacial score (nSPS) is 23.6. The van der Waals surface area contributed by atoms with Crippen molar-refractivity contribution in [3.63, 3.8) is 0 Å². The molecule has 0 radical (unpaired) electrons. The molecule has 0 spiro atoms. The minimum atomic E-state index is -3.02. The first kappa shape index (κ1) is 13.4. The van der Waals surface area contributed by atoms with Crippen LogP contribution in [-0.4, -0.2) is 55.0 Å². The van der Waals surface area contributed by atoms with Gasteiger partial charge in [-0.25, -0.2) is 8.42 Å². The highest BCUT2D eigenvalue weighted by atomic mass is 32.2. The second-order valence-electron chi connectivity index (χ2n) is 4.45. The molecule has 1 N–H and O–H groups in total. The van der Waals surface area contributed by atoms with Gasteiger partial charge in [0.25, 0.3) is 0 Å². The lowest BCUT2D eigenvalue weighted by Gasteiger charge is -2.28. The van der Waals surface area contributed by atoms with Gasteiger partial charge in [0.15, 0.2) is 9.84 Å². The molecule has 5 nitrogen and oxygen atoms in total. The van der Waals surface area contributed by atoms with Crippen LogP contribution in [0.15, 0.2) is 0 Å². The monoisotopic (exact) mass is 249 g/mol. The van der Waals surface area contributed by atoms with Crippen LogP contribution in [-0.2, 0) is 14.6 Å². The molecule has 0 aromatic rings. The molecular formula is C10H19NO4S. The van der Waals surface area contributed by atoms with Gasteiger partial charge < -0.3 is 10.0 Å².